The van der Waals surface area contributed by atoms with Crippen LogP contribution in [0.15, 0.2) is 63.7 Å². The maximum absolute atomic E-state index is 14.1. The van der Waals surface area contributed by atoms with E-state index in [4.69, 9.17) is 18.9 Å². The number of esters is 1. The maximum Gasteiger partial charge on any atom is 0.338 e. The Balaban J connectivity index is 1.78. The number of carbonyl (C=O) groups is 1. The summed E-state index contributed by atoms with van der Waals surface area (Å²) < 4.78 is 25.8. The van der Waals surface area contributed by atoms with Gasteiger partial charge in [0.1, 0.15) is 6.54 Å². The van der Waals surface area contributed by atoms with Crippen molar-refractivity contribution in [2.24, 2.45) is 4.99 Å². The summed E-state index contributed by atoms with van der Waals surface area (Å²) in [4.78, 5) is 32.5. The molecule has 0 saturated carbocycles. The minimum Gasteiger partial charge on any atom is -0.493 e. The third-order valence-corrected chi connectivity index (χ3v) is 7.85. The van der Waals surface area contributed by atoms with Crippen LogP contribution in [0.5, 0.6) is 17.2 Å². The number of thiazole rings is 1. The fraction of sp³-hybridized carbons (Fsp3) is 0.267. The van der Waals surface area contributed by atoms with Gasteiger partial charge in [0.2, 0.25) is 5.75 Å². The summed E-state index contributed by atoms with van der Waals surface area (Å²) in [6, 6.07) is 12.5. The number of hydrogen-bond donors (Lipinski definition) is 0. The standard InChI is InChI=1S/C30H28N4O6S/c1-6-40-29(36)25-17(2)32-30-34(26(25)18-13-22(37-3)27(39-5)23(14-18)38-4)28(35)24(41-30)15-19-16-33(12-11-31)21-10-8-7-9-20(19)21/h7-10,13-16,26H,6,12H2,1-5H3/b24-15-/t26-/m1/s1. The summed E-state index contributed by atoms with van der Waals surface area (Å²) in [6.45, 7) is 3.79. The number of hydrogen-bond acceptors (Lipinski definition) is 9. The van der Waals surface area contributed by atoms with E-state index in [1.54, 1.807) is 32.1 Å². The highest BCUT2D eigenvalue weighted by Gasteiger charge is 2.34. The predicted octanol–water partition coefficient (Wildman–Crippen LogP) is 3.30. The van der Waals surface area contributed by atoms with Crippen LogP contribution in [0.3, 0.4) is 0 Å². The lowest BCUT2D eigenvalue weighted by atomic mass is 9.95. The Morgan fingerprint density at radius 1 is 1.15 bits per heavy atom. The van der Waals surface area contributed by atoms with Gasteiger partial charge in [0.25, 0.3) is 5.56 Å². The van der Waals surface area contributed by atoms with Crippen LogP contribution in [0.4, 0.5) is 0 Å². The Bertz CT molecular complexity index is 1900. The number of para-hydroxylation sites is 1. The average molecular weight is 573 g/mol. The van der Waals surface area contributed by atoms with Crippen molar-refractivity contribution in [3.63, 3.8) is 0 Å². The molecular formula is C30H28N4O6S. The summed E-state index contributed by atoms with van der Waals surface area (Å²) in [5.41, 5.74) is 2.62. The molecule has 5 rings (SSSR count). The number of carbonyl (C=O) groups excluding carboxylic acids is 1. The van der Waals surface area contributed by atoms with Crippen LogP contribution >= 0.6 is 11.3 Å². The van der Waals surface area contributed by atoms with Gasteiger partial charge in [-0.2, -0.15) is 5.26 Å². The highest BCUT2D eigenvalue weighted by Crippen LogP contribution is 2.42. The van der Waals surface area contributed by atoms with Gasteiger partial charge in [0, 0.05) is 22.7 Å². The zero-order valence-corrected chi connectivity index (χ0v) is 24.1. The Hall–Kier alpha value is -4.82. The van der Waals surface area contributed by atoms with Crippen LogP contribution in [0.25, 0.3) is 17.0 Å². The Labute approximate surface area is 239 Å². The van der Waals surface area contributed by atoms with Crippen molar-refractivity contribution in [1.29, 1.82) is 5.26 Å². The van der Waals surface area contributed by atoms with Gasteiger partial charge >= 0.3 is 5.97 Å². The second-order valence-corrected chi connectivity index (χ2v) is 10.2. The summed E-state index contributed by atoms with van der Waals surface area (Å²) in [7, 11) is 4.51. The molecule has 0 aliphatic carbocycles. The van der Waals surface area contributed by atoms with Crippen molar-refractivity contribution in [2.45, 2.75) is 26.4 Å². The molecule has 1 atom stereocenters. The summed E-state index contributed by atoms with van der Waals surface area (Å²) >= 11 is 1.23. The van der Waals surface area contributed by atoms with Crippen molar-refractivity contribution in [2.75, 3.05) is 27.9 Å². The van der Waals surface area contributed by atoms with E-state index in [0.717, 1.165) is 16.5 Å². The van der Waals surface area contributed by atoms with Crippen LogP contribution in [-0.4, -0.2) is 43.0 Å². The fourth-order valence-electron chi connectivity index (χ4n) is 5.10. The number of nitriles is 1. The molecule has 0 amide bonds. The van der Waals surface area contributed by atoms with Gasteiger partial charge in [-0.25, -0.2) is 9.79 Å². The van der Waals surface area contributed by atoms with Crippen LogP contribution in [0.2, 0.25) is 0 Å². The molecule has 0 bridgehead atoms. The number of benzene rings is 2. The third-order valence-electron chi connectivity index (χ3n) is 6.87. The van der Waals surface area contributed by atoms with Gasteiger partial charge in [0.15, 0.2) is 16.3 Å². The molecule has 0 unspecified atom stereocenters. The Morgan fingerprint density at radius 3 is 2.49 bits per heavy atom. The lowest BCUT2D eigenvalue weighted by Crippen LogP contribution is -2.40. The summed E-state index contributed by atoms with van der Waals surface area (Å²) in [5.74, 6) is 0.582. The van der Waals surface area contributed by atoms with Gasteiger partial charge in [0.05, 0.1) is 55.8 Å². The topological polar surface area (TPSA) is 117 Å². The molecule has 1 aliphatic heterocycles. The lowest BCUT2D eigenvalue weighted by Gasteiger charge is -2.26. The van der Waals surface area contributed by atoms with E-state index in [9.17, 15) is 14.9 Å². The second-order valence-electron chi connectivity index (χ2n) is 9.15. The highest BCUT2D eigenvalue weighted by molar-refractivity contribution is 7.07. The molecule has 11 heteroatoms. The number of rotatable bonds is 8. The van der Waals surface area contributed by atoms with E-state index in [-0.39, 0.29) is 24.3 Å². The first kappa shape index (κ1) is 27.7. The molecule has 0 spiro atoms. The van der Waals surface area contributed by atoms with Gasteiger partial charge < -0.3 is 23.5 Å². The van der Waals surface area contributed by atoms with E-state index in [1.165, 1.54) is 37.2 Å². The number of methoxy groups -OCH3 is 3. The Kier molecular flexibility index (Phi) is 7.68. The summed E-state index contributed by atoms with van der Waals surface area (Å²) in [6.07, 6.45) is 3.66. The first-order chi connectivity index (χ1) is 19.9. The lowest BCUT2D eigenvalue weighted by molar-refractivity contribution is -0.139. The average Bonchev–Trinajstić information content (AvgIpc) is 3.48. The third kappa shape index (κ3) is 4.76. The maximum atomic E-state index is 14.1. The van der Waals surface area contributed by atoms with Crippen LogP contribution < -0.4 is 29.1 Å². The molecule has 2 aromatic heterocycles. The smallest absolute Gasteiger partial charge is 0.338 e. The SMILES string of the molecule is CCOC(=O)C1=C(C)N=c2s/c(=C\c3cn(CC#N)c4ccccc34)c(=O)n2[C@@H]1c1cc(OC)c(OC)c(OC)c1. The van der Waals surface area contributed by atoms with Crippen LogP contribution in [0, 0.1) is 11.3 Å². The molecular weight excluding hydrogens is 544 g/mol. The van der Waals surface area contributed by atoms with Gasteiger partial charge in [-0.15, -0.1) is 0 Å². The molecule has 0 N–H and O–H groups in total. The quantitative estimate of drug-likeness (QED) is 0.298. The molecule has 2 aromatic carbocycles. The first-order valence-corrected chi connectivity index (χ1v) is 13.6. The van der Waals surface area contributed by atoms with Gasteiger partial charge in [-0.05, 0) is 43.7 Å². The number of nitrogens with zero attached hydrogens (tertiary/aromatic N) is 4. The molecule has 1 aliphatic rings. The number of fused-ring (bicyclic) bond motifs is 2. The molecule has 0 fully saturated rings. The minimum atomic E-state index is -0.860. The minimum absolute atomic E-state index is 0.161. The van der Waals surface area contributed by atoms with E-state index in [2.05, 4.69) is 11.1 Å². The van der Waals surface area contributed by atoms with Crippen molar-refractivity contribution >= 4 is 34.3 Å². The van der Waals surface area contributed by atoms with Crippen LogP contribution in [0.1, 0.15) is 31.0 Å². The van der Waals surface area contributed by atoms with Crippen molar-refractivity contribution < 1.29 is 23.7 Å². The number of allylic oxidation sites excluding steroid dienone is 1. The number of aromatic nitrogens is 2. The monoisotopic (exact) mass is 572 g/mol. The molecule has 41 heavy (non-hydrogen) atoms. The van der Waals surface area contributed by atoms with Crippen molar-refractivity contribution in [3.05, 3.63) is 84.7 Å². The Morgan fingerprint density at radius 2 is 1.85 bits per heavy atom. The predicted molar refractivity (Wildman–Crippen MR) is 154 cm³/mol. The van der Waals surface area contributed by atoms with Crippen molar-refractivity contribution in [3.8, 4) is 23.3 Å². The van der Waals surface area contributed by atoms with Gasteiger partial charge in [-0.3, -0.25) is 9.36 Å². The van der Waals surface area contributed by atoms with E-state index in [1.807, 2.05) is 35.0 Å². The molecule has 4 aromatic rings. The normalized spacial score (nSPS) is 14.8. The van der Waals surface area contributed by atoms with Crippen LogP contribution in [-0.2, 0) is 16.1 Å². The zero-order chi connectivity index (χ0) is 29.3. The summed E-state index contributed by atoms with van der Waals surface area (Å²) in [5, 5.41) is 10.2. The molecule has 210 valence electrons. The molecule has 3 heterocycles. The zero-order valence-electron chi connectivity index (χ0n) is 23.3. The van der Waals surface area contributed by atoms with E-state index in [0.29, 0.717) is 37.8 Å². The van der Waals surface area contributed by atoms with Gasteiger partial charge in [-0.1, -0.05) is 29.5 Å². The van der Waals surface area contributed by atoms with E-state index < -0.39 is 12.0 Å². The largest absolute Gasteiger partial charge is 0.493 e. The molecule has 0 radical (unpaired) electrons. The first-order valence-electron chi connectivity index (χ1n) is 12.8. The van der Waals surface area contributed by atoms with Crippen molar-refractivity contribution in [1.82, 2.24) is 9.13 Å². The molecule has 10 nitrogen and oxygen atoms in total. The second kappa shape index (κ2) is 11.3. The highest BCUT2D eigenvalue weighted by atomic mass is 32.1. The number of ether oxygens (including phenoxy) is 4. The van der Waals surface area contributed by atoms with E-state index >= 15 is 0 Å². The fourth-order valence-corrected chi connectivity index (χ4v) is 6.14. The molecule has 0 saturated heterocycles.